The van der Waals surface area contributed by atoms with Crippen molar-refractivity contribution in [3.63, 3.8) is 0 Å². The minimum Gasteiger partial charge on any atom is -0.454 e. The minimum absolute atomic E-state index is 0.0743. The van der Waals surface area contributed by atoms with E-state index in [1.165, 1.54) is 6.92 Å². The number of ketones is 1. The van der Waals surface area contributed by atoms with Crippen molar-refractivity contribution in [2.45, 2.75) is 52.7 Å². The molecule has 1 fully saturated rings. The van der Waals surface area contributed by atoms with Crippen LogP contribution in [0.4, 0.5) is 0 Å². The highest BCUT2D eigenvalue weighted by molar-refractivity contribution is 5.97. The van der Waals surface area contributed by atoms with Gasteiger partial charge in [-0.2, -0.15) is 0 Å². The van der Waals surface area contributed by atoms with E-state index in [0.717, 1.165) is 11.1 Å². The Labute approximate surface area is 129 Å². The van der Waals surface area contributed by atoms with E-state index >= 15 is 0 Å². The van der Waals surface area contributed by atoms with Gasteiger partial charge in [0.05, 0.1) is 0 Å². The standard InChI is InChI=1S/C17H20O5/c1-8-5-13(19)15(21-10(3)18)17(4)7-14-11(6-12(8)17)9(2)16(20)22-14/h5,12,14-15H,6-7H2,1-4H3/t12-,14-,15+,17+/m1/s1. The Morgan fingerprint density at radius 1 is 1.36 bits per heavy atom. The Hall–Kier alpha value is -1.91. The van der Waals surface area contributed by atoms with Crippen LogP contribution in [0, 0.1) is 11.3 Å². The maximum atomic E-state index is 12.3. The quantitative estimate of drug-likeness (QED) is 0.694. The molecule has 0 aromatic heterocycles. The predicted octanol–water partition coefficient (Wildman–Crippen LogP) is 2.11. The molecule has 0 spiro atoms. The van der Waals surface area contributed by atoms with Gasteiger partial charge in [-0.15, -0.1) is 0 Å². The van der Waals surface area contributed by atoms with Gasteiger partial charge in [0.2, 0.25) is 0 Å². The van der Waals surface area contributed by atoms with E-state index < -0.39 is 17.5 Å². The lowest BCUT2D eigenvalue weighted by molar-refractivity contribution is -0.167. The van der Waals surface area contributed by atoms with E-state index in [2.05, 4.69) is 0 Å². The van der Waals surface area contributed by atoms with Gasteiger partial charge in [0.15, 0.2) is 11.9 Å². The maximum absolute atomic E-state index is 12.3. The van der Waals surface area contributed by atoms with Gasteiger partial charge in [-0.05, 0) is 44.3 Å². The van der Waals surface area contributed by atoms with Gasteiger partial charge in [0.1, 0.15) is 6.10 Å². The van der Waals surface area contributed by atoms with Crippen molar-refractivity contribution in [1.29, 1.82) is 0 Å². The number of esters is 2. The molecule has 3 rings (SSSR count). The molecule has 2 aliphatic carbocycles. The van der Waals surface area contributed by atoms with Crippen LogP contribution in [0.5, 0.6) is 0 Å². The first-order valence-corrected chi connectivity index (χ1v) is 7.54. The van der Waals surface area contributed by atoms with E-state index in [4.69, 9.17) is 9.47 Å². The molecule has 1 saturated carbocycles. The molecule has 3 aliphatic rings. The molecule has 22 heavy (non-hydrogen) atoms. The average Bonchev–Trinajstić information content (AvgIpc) is 2.67. The van der Waals surface area contributed by atoms with Crippen molar-refractivity contribution >= 4 is 17.7 Å². The second kappa shape index (κ2) is 4.80. The highest BCUT2D eigenvalue weighted by atomic mass is 16.6. The smallest absolute Gasteiger partial charge is 0.334 e. The molecule has 5 heteroatoms. The summed E-state index contributed by atoms with van der Waals surface area (Å²) < 4.78 is 10.8. The van der Waals surface area contributed by atoms with E-state index in [1.807, 2.05) is 13.8 Å². The van der Waals surface area contributed by atoms with Crippen molar-refractivity contribution in [3.05, 3.63) is 22.8 Å². The molecule has 0 bridgehead atoms. The number of rotatable bonds is 1. The molecule has 0 aromatic rings. The van der Waals surface area contributed by atoms with Crippen molar-refractivity contribution in [3.8, 4) is 0 Å². The lowest BCUT2D eigenvalue weighted by atomic mass is 9.57. The molecule has 1 heterocycles. The topological polar surface area (TPSA) is 69.7 Å². The second-order valence-corrected chi connectivity index (χ2v) is 6.79. The fourth-order valence-electron chi connectivity index (χ4n) is 4.16. The summed E-state index contributed by atoms with van der Waals surface area (Å²) >= 11 is 0. The average molecular weight is 304 g/mol. The van der Waals surface area contributed by atoms with Crippen LogP contribution in [0.2, 0.25) is 0 Å². The maximum Gasteiger partial charge on any atom is 0.334 e. The van der Waals surface area contributed by atoms with E-state index in [1.54, 1.807) is 13.0 Å². The SMILES string of the molecule is CC(=O)O[C@H]1C(=O)C=C(C)[C@H]2CC3=C(C)C(=O)O[C@@H]3C[C@@]21C. The van der Waals surface area contributed by atoms with Crippen molar-refractivity contribution in [2.24, 2.45) is 11.3 Å². The third kappa shape index (κ3) is 2.02. The number of allylic oxidation sites excluding steroid dienone is 1. The third-order valence-corrected chi connectivity index (χ3v) is 5.33. The number of carbonyl (C=O) groups is 3. The van der Waals surface area contributed by atoms with E-state index in [-0.39, 0.29) is 23.8 Å². The van der Waals surface area contributed by atoms with Crippen LogP contribution >= 0.6 is 0 Å². The Balaban J connectivity index is 2.04. The van der Waals surface area contributed by atoms with Crippen molar-refractivity contribution < 1.29 is 23.9 Å². The summed E-state index contributed by atoms with van der Waals surface area (Å²) in [6.45, 7) is 6.98. The highest BCUT2D eigenvalue weighted by Gasteiger charge is 2.56. The molecule has 0 amide bonds. The Morgan fingerprint density at radius 2 is 2.05 bits per heavy atom. The zero-order valence-electron chi connectivity index (χ0n) is 13.3. The van der Waals surface area contributed by atoms with E-state index in [9.17, 15) is 14.4 Å². The summed E-state index contributed by atoms with van der Waals surface area (Å²) in [5.74, 6) is -0.850. The van der Waals surface area contributed by atoms with Gasteiger partial charge in [-0.1, -0.05) is 12.5 Å². The zero-order chi connectivity index (χ0) is 16.2. The molecule has 0 radical (unpaired) electrons. The summed E-state index contributed by atoms with van der Waals surface area (Å²) in [4.78, 5) is 35.6. The van der Waals surface area contributed by atoms with Gasteiger partial charge < -0.3 is 9.47 Å². The first kappa shape index (κ1) is 15.0. The summed E-state index contributed by atoms with van der Waals surface area (Å²) in [6, 6.07) is 0. The third-order valence-electron chi connectivity index (χ3n) is 5.33. The molecular formula is C17H20O5. The Kier molecular flexibility index (Phi) is 3.27. The fourth-order valence-corrected chi connectivity index (χ4v) is 4.16. The van der Waals surface area contributed by atoms with Gasteiger partial charge in [-0.3, -0.25) is 9.59 Å². The van der Waals surface area contributed by atoms with Crippen LogP contribution in [0.15, 0.2) is 22.8 Å². The first-order valence-electron chi connectivity index (χ1n) is 7.54. The molecule has 0 unspecified atom stereocenters. The molecule has 0 saturated heterocycles. The minimum atomic E-state index is -0.806. The van der Waals surface area contributed by atoms with Crippen LogP contribution in [-0.2, 0) is 23.9 Å². The van der Waals surface area contributed by atoms with Crippen LogP contribution in [0.1, 0.15) is 40.5 Å². The number of hydrogen-bond acceptors (Lipinski definition) is 5. The van der Waals surface area contributed by atoms with Crippen LogP contribution in [-0.4, -0.2) is 29.9 Å². The van der Waals surface area contributed by atoms with E-state index in [0.29, 0.717) is 18.4 Å². The van der Waals surface area contributed by atoms with Crippen LogP contribution in [0.25, 0.3) is 0 Å². The Bertz CT molecular complexity index is 641. The lowest BCUT2D eigenvalue weighted by Gasteiger charge is -2.49. The van der Waals surface area contributed by atoms with Crippen LogP contribution in [0.3, 0.4) is 0 Å². The summed E-state index contributed by atoms with van der Waals surface area (Å²) in [5, 5.41) is 0. The van der Waals surface area contributed by atoms with Gasteiger partial charge in [0, 0.05) is 17.9 Å². The fraction of sp³-hybridized carbons (Fsp3) is 0.588. The number of fused-ring (bicyclic) bond motifs is 2. The first-order chi connectivity index (χ1) is 10.2. The molecule has 0 N–H and O–H groups in total. The normalized spacial score (nSPS) is 37.3. The monoisotopic (exact) mass is 304 g/mol. The molecule has 1 aliphatic heterocycles. The summed E-state index contributed by atoms with van der Waals surface area (Å²) in [5.41, 5.74) is 2.15. The molecule has 0 aromatic carbocycles. The van der Waals surface area contributed by atoms with Crippen LogP contribution < -0.4 is 0 Å². The highest BCUT2D eigenvalue weighted by Crippen LogP contribution is 2.54. The van der Waals surface area contributed by atoms with Gasteiger partial charge in [0.25, 0.3) is 0 Å². The lowest BCUT2D eigenvalue weighted by Crippen LogP contribution is -2.53. The van der Waals surface area contributed by atoms with Gasteiger partial charge in [-0.25, -0.2) is 4.79 Å². The zero-order valence-corrected chi connectivity index (χ0v) is 13.3. The summed E-state index contributed by atoms with van der Waals surface area (Å²) in [7, 11) is 0. The number of carbonyl (C=O) groups excluding carboxylic acids is 3. The molecule has 118 valence electrons. The number of ether oxygens (including phenoxy) is 2. The van der Waals surface area contributed by atoms with Crippen molar-refractivity contribution in [2.75, 3.05) is 0 Å². The molecule has 5 nitrogen and oxygen atoms in total. The summed E-state index contributed by atoms with van der Waals surface area (Å²) in [6.07, 6.45) is 1.65. The second-order valence-electron chi connectivity index (χ2n) is 6.79. The Morgan fingerprint density at radius 3 is 2.68 bits per heavy atom. The van der Waals surface area contributed by atoms with Crippen molar-refractivity contribution in [1.82, 2.24) is 0 Å². The predicted molar refractivity (Wildman–Crippen MR) is 77.7 cm³/mol. The largest absolute Gasteiger partial charge is 0.454 e. The van der Waals surface area contributed by atoms with Gasteiger partial charge >= 0.3 is 11.9 Å². The number of hydrogen-bond donors (Lipinski definition) is 0. The molecular weight excluding hydrogens is 284 g/mol. The molecule has 4 atom stereocenters.